The number of thioether (sulfide) groups is 1. The molecule has 18 heavy (non-hydrogen) atoms. The van der Waals surface area contributed by atoms with Gasteiger partial charge in [-0.25, -0.2) is 9.48 Å². The van der Waals surface area contributed by atoms with Crippen LogP contribution in [0.25, 0.3) is 0 Å². The molecule has 0 bridgehead atoms. The normalized spacial score (nSPS) is 10.6. The van der Waals surface area contributed by atoms with Crippen LogP contribution in [-0.4, -0.2) is 31.3 Å². The monoisotopic (exact) mass is 264 g/mol. The summed E-state index contributed by atoms with van der Waals surface area (Å²) < 4.78 is 1.56. The number of hydrogen-bond donors (Lipinski definition) is 1. The Morgan fingerprint density at radius 3 is 2.89 bits per heavy atom. The molecule has 1 heterocycles. The summed E-state index contributed by atoms with van der Waals surface area (Å²) in [5.41, 5.74) is 2.13. The van der Waals surface area contributed by atoms with Crippen LogP contribution in [0.5, 0.6) is 0 Å². The fourth-order valence-corrected chi connectivity index (χ4v) is 2.38. The summed E-state index contributed by atoms with van der Waals surface area (Å²) in [7, 11) is 1.75. The van der Waals surface area contributed by atoms with E-state index in [1.165, 1.54) is 11.8 Å². The molecule has 0 atom stereocenters. The Hall–Kier alpha value is -1.89. The lowest BCUT2D eigenvalue weighted by Gasteiger charge is -2.06. The van der Waals surface area contributed by atoms with E-state index in [-0.39, 0.29) is 0 Å². The molecule has 7 heteroatoms. The molecular formula is C11H12N4O2S. The van der Waals surface area contributed by atoms with Gasteiger partial charge in [0.1, 0.15) is 0 Å². The van der Waals surface area contributed by atoms with Crippen molar-refractivity contribution in [3.8, 4) is 0 Å². The van der Waals surface area contributed by atoms with Crippen molar-refractivity contribution >= 4 is 17.7 Å². The average Bonchev–Trinajstić information content (AvgIpc) is 2.72. The molecule has 0 fully saturated rings. The lowest BCUT2D eigenvalue weighted by molar-refractivity contribution is 0.0696. The summed E-state index contributed by atoms with van der Waals surface area (Å²) >= 11 is 1.41. The van der Waals surface area contributed by atoms with E-state index in [4.69, 9.17) is 5.11 Å². The maximum absolute atomic E-state index is 11.1. The van der Waals surface area contributed by atoms with Crippen LogP contribution in [0.1, 0.15) is 21.5 Å². The fourth-order valence-electron chi connectivity index (χ4n) is 1.54. The molecule has 0 saturated carbocycles. The van der Waals surface area contributed by atoms with E-state index in [2.05, 4.69) is 15.5 Å². The molecule has 94 valence electrons. The molecule has 0 aliphatic heterocycles. The van der Waals surface area contributed by atoms with Crippen molar-refractivity contribution in [2.24, 2.45) is 7.05 Å². The van der Waals surface area contributed by atoms with Gasteiger partial charge in [0.2, 0.25) is 5.16 Å². The number of nitrogens with zero attached hydrogens (tertiary/aromatic N) is 4. The van der Waals surface area contributed by atoms with Gasteiger partial charge in [0.05, 0.1) is 5.56 Å². The lowest BCUT2D eigenvalue weighted by Crippen LogP contribution is -2.02. The van der Waals surface area contributed by atoms with E-state index in [0.717, 1.165) is 11.1 Å². The third-order valence-electron chi connectivity index (χ3n) is 2.43. The van der Waals surface area contributed by atoms with Crippen LogP contribution < -0.4 is 0 Å². The number of hydrogen-bond acceptors (Lipinski definition) is 5. The van der Waals surface area contributed by atoms with Crippen LogP contribution in [0, 0.1) is 6.92 Å². The standard InChI is InChI=1S/C11H12N4O2S/c1-7-3-4-9(10(16)17)8(5-7)6-18-11-12-13-14-15(11)2/h3-5H,6H2,1-2H3,(H,16,17). The predicted molar refractivity (Wildman–Crippen MR) is 66.5 cm³/mol. The van der Waals surface area contributed by atoms with Crippen molar-refractivity contribution in [2.45, 2.75) is 17.8 Å². The molecule has 1 aromatic heterocycles. The molecule has 0 radical (unpaired) electrons. The number of aromatic nitrogens is 4. The molecular weight excluding hydrogens is 252 g/mol. The third-order valence-corrected chi connectivity index (χ3v) is 3.49. The Morgan fingerprint density at radius 1 is 1.50 bits per heavy atom. The summed E-state index contributed by atoms with van der Waals surface area (Å²) in [4.78, 5) is 11.1. The van der Waals surface area contributed by atoms with Crippen molar-refractivity contribution in [3.05, 3.63) is 34.9 Å². The van der Waals surface area contributed by atoms with E-state index in [9.17, 15) is 4.79 Å². The zero-order valence-electron chi connectivity index (χ0n) is 9.99. The number of tetrazole rings is 1. The SMILES string of the molecule is Cc1ccc(C(=O)O)c(CSc2nnnn2C)c1. The molecule has 0 unspecified atom stereocenters. The van der Waals surface area contributed by atoms with Gasteiger partial charge in [-0.2, -0.15) is 0 Å². The second kappa shape index (κ2) is 5.18. The van der Waals surface area contributed by atoms with E-state index in [0.29, 0.717) is 16.5 Å². The van der Waals surface area contributed by atoms with Crippen LogP contribution in [-0.2, 0) is 12.8 Å². The highest BCUT2D eigenvalue weighted by atomic mass is 32.2. The van der Waals surface area contributed by atoms with E-state index in [1.54, 1.807) is 23.9 Å². The Balaban J connectivity index is 2.20. The van der Waals surface area contributed by atoms with E-state index < -0.39 is 5.97 Å². The van der Waals surface area contributed by atoms with Crippen molar-refractivity contribution in [3.63, 3.8) is 0 Å². The largest absolute Gasteiger partial charge is 0.478 e. The van der Waals surface area contributed by atoms with E-state index >= 15 is 0 Å². The van der Waals surface area contributed by atoms with Crippen molar-refractivity contribution in [1.29, 1.82) is 0 Å². The Labute approximate surface area is 108 Å². The molecule has 0 aliphatic carbocycles. The second-order valence-electron chi connectivity index (χ2n) is 3.84. The first kappa shape index (κ1) is 12.6. The minimum Gasteiger partial charge on any atom is -0.478 e. The number of rotatable bonds is 4. The number of carbonyl (C=O) groups is 1. The highest BCUT2D eigenvalue weighted by Crippen LogP contribution is 2.22. The van der Waals surface area contributed by atoms with Gasteiger partial charge < -0.3 is 5.11 Å². The maximum atomic E-state index is 11.1. The summed E-state index contributed by atoms with van der Waals surface area (Å²) in [5, 5.41) is 20.9. The molecule has 0 aliphatic rings. The van der Waals surface area contributed by atoms with Crippen LogP contribution in [0.3, 0.4) is 0 Å². The molecule has 2 rings (SSSR count). The van der Waals surface area contributed by atoms with Crippen LogP contribution >= 0.6 is 11.8 Å². The number of carboxylic acid groups (broad SMARTS) is 1. The number of aromatic carboxylic acids is 1. The number of aryl methyl sites for hydroxylation is 2. The van der Waals surface area contributed by atoms with Gasteiger partial charge >= 0.3 is 5.97 Å². The molecule has 1 aromatic carbocycles. The van der Waals surface area contributed by atoms with E-state index in [1.807, 2.05) is 13.0 Å². The summed E-state index contributed by atoms with van der Waals surface area (Å²) in [5.74, 6) is -0.390. The maximum Gasteiger partial charge on any atom is 0.335 e. The van der Waals surface area contributed by atoms with Gasteiger partial charge in [-0.05, 0) is 29.0 Å². The highest BCUT2D eigenvalue weighted by Gasteiger charge is 2.11. The Bertz CT molecular complexity index is 582. The zero-order valence-corrected chi connectivity index (χ0v) is 10.8. The minimum atomic E-state index is -0.915. The lowest BCUT2D eigenvalue weighted by atomic mass is 10.1. The van der Waals surface area contributed by atoms with Gasteiger partial charge in [0.15, 0.2) is 0 Å². The average molecular weight is 264 g/mol. The molecule has 0 saturated heterocycles. The number of carboxylic acids is 1. The van der Waals surface area contributed by atoms with Crippen molar-refractivity contribution in [2.75, 3.05) is 0 Å². The third kappa shape index (κ3) is 2.67. The molecule has 6 nitrogen and oxygen atoms in total. The quantitative estimate of drug-likeness (QED) is 0.843. The molecule has 2 aromatic rings. The smallest absolute Gasteiger partial charge is 0.335 e. The molecule has 1 N–H and O–H groups in total. The Kier molecular flexibility index (Phi) is 3.61. The van der Waals surface area contributed by atoms with Gasteiger partial charge in [-0.1, -0.05) is 29.5 Å². The van der Waals surface area contributed by atoms with Crippen molar-refractivity contribution < 1.29 is 9.90 Å². The highest BCUT2D eigenvalue weighted by molar-refractivity contribution is 7.98. The number of benzene rings is 1. The summed E-state index contributed by atoms with van der Waals surface area (Å²) in [6, 6.07) is 5.30. The second-order valence-corrected chi connectivity index (χ2v) is 4.78. The summed E-state index contributed by atoms with van der Waals surface area (Å²) in [6.07, 6.45) is 0. The van der Waals surface area contributed by atoms with Gasteiger partial charge in [-0.15, -0.1) is 5.10 Å². The van der Waals surface area contributed by atoms with Crippen LogP contribution in [0.15, 0.2) is 23.4 Å². The van der Waals surface area contributed by atoms with Crippen LogP contribution in [0.4, 0.5) is 0 Å². The van der Waals surface area contributed by atoms with Crippen molar-refractivity contribution in [1.82, 2.24) is 20.2 Å². The first-order chi connectivity index (χ1) is 8.58. The molecule has 0 amide bonds. The summed E-state index contributed by atoms with van der Waals surface area (Å²) in [6.45, 7) is 1.93. The van der Waals surface area contributed by atoms with Gasteiger partial charge in [0.25, 0.3) is 0 Å². The minimum absolute atomic E-state index is 0.322. The van der Waals surface area contributed by atoms with Gasteiger partial charge in [0, 0.05) is 12.8 Å². The molecule has 0 spiro atoms. The zero-order chi connectivity index (χ0) is 13.1. The van der Waals surface area contributed by atoms with Crippen LogP contribution in [0.2, 0.25) is 0 Å². The topological polar surface area (TPSA) is 80.9 Å². The first-order valence-corrected chi connectivity index (χ1v) is 6.24. The predicted octanol–water partition coefficient (Wildman–Crippen LogP) is 1.51. The fraction of sp³-hybridized carbons (Fsp3) is 0.273. The Morgan fingerprint density at radius 2 is 2.28 bits per heavy atom. The van der Waals surface area contributed by atoms with Gasteiger partial charge in [-0.3, -0.25) is 0 Å². The first-order valence-electron chi connectivity index (χ1n) is 5.26.